The van der Waals surface area contributed by atoms with Gasteiger partial charge in [-0.15, -0.1) is 0 Å². The zero-order valence-corrected chi connectivity index (χ0v) is 11.5. The maximum Gasteiger partial charge on any atom is 0.119 e. The Labute approximate surface area is 113 Å². The molecule has 0 bridgehead atoms. The Balaban J connectivity index is 2.02. The van der Waals surface area contributed by atoms with E-state index in [2.05, 4.69) is 6.07 Å². The molecular weight excluding hydrogens is 246 g/mol. The van der Waals surface area contributed by atoms with Crippen LogP contribution in [0.15, 0.2) is 24.3 Å². The van der Waals surface area contributed by atoms with Crippen LogP contribution >= 0.6 is 11.8 Å². The van der Waals surface area contributed by atoms with E-state index in [4.69, 9.17) is 14.7 Å². The third kappa shape index (κ3) is 6.53. The summed E-state index contributed by atoms with van der Waals surface area (Å²) in [6, 6.07) is 9.31. The van der Waals surface area contributed by atoms with Crippen LogP contribution in [0.2, 0.25) is 0 Å². The molecule has 98 valence electrons. The SMILES string of the molecule is COCCCSCCCOc1ccc(C#N)cc1. The predicted octanol–water partition coefficient (Wildman–Crippen LogP) is 3.10. The first kappa shape index (κ1) is 14.9. The molecule has 0 saturated carbocycles. The summed E-state index contributed by atoms with van der Waals surface area (Å²) in [5.74, 6) is 3.09. The number of ether oxygens (including phenoxy) is 2. The first-order chi connectivity index (χ1) is 8.86. The van der Waals surface area contributed by atoms with Gasteiger partial charge in [0.25, 0.3) is 0 Å². The van der Waals surface area contributed by atoms with Gasteiger partial charge < -0.3 is 9.47 Å². The molecule has 0 heterocycles. The molecular formula is C14H19NO2S. The molecule has 18 heavy (non-hydrogen) atoms. The van der Waals surface area contributed by atoms with E-state index in [1.165, 1.54) is 0 Å². The van der Waals surface area contributed by atoms with Crippen molar-refractivity contribution in [2.75, 3.05) is 31.8 Å². The van der Waals surface area contributed by atoms with Crippen LogP contribution < -0.4 is 4.74 Å². The fourth-order valence-electron chi connectivity index (χ4n) is 1.38. The van der Waals surface area contributed by atoms with Crippen LogP contribution in [-0.2, 0) is 4.74 Å². The van der Waals surface area contributed by atoms with Crippen molar-refractivity contribution in [3.63, 3.8) is 0 Å². The lowest BCUT2D eigenvalue weighted by molar-refractivity contribution is 0.200. The smallest absolute Gasteiger partial charge is 0.119 e. The molecule has 0 amide bonds. The summed E-state index contributed by atoms with van der Waals surface area (Å²) >= 11 is 1.93. The topological polar surface area (TPSA) is 42.2 Å². The number of hydrogen-bond donors (Lipinski definition) is 0. The minimum atomic E-state index is 0.663. The molecule has 3 nitrogen and oxygen atoms in total. The van der Waals surface area contributed by atoms with Crippen LogP contribution in [0.4, 0.5) is 0 Å². The number of thioether (sulfide) groups is 1. The molecule has 0 saturated heterocycles. The quantitative estimate of drug-likeness (QED) is 0.643. The zero-order valence-electron chi connectivity index (χ0n) is 10.7. The monoisotopic (exact) mass is 265 g/mol. The van der Waals surface area contributed by atoms with E-state index in [-0.39, 0.29) is 0 Å². The average molecular weight is 265 g/mol. The van der Waals surface area contributed by atoms with Gasteiger partial charge in [0.15, 0.2) is 0 Å². The normalized spacial score (nSPS) is 10.0. The molecule has 0 aliphatic heterocycles. The van der Waals surface area contributed by atoms with E-state index in [0.717, 1.165) is 43.3 Å². The van der Waals surface area contributed by atoms with Gasteiger partial charge >= 0.3 is 0 Å². The summed E-state index contributed by atoms with van der Waals surface area (Å²) in [6.45, 7) is 1.57. The Morgan fingerprint density at radius 2 is 1.78 bits per heavy atom. The van der Waals surface area contributed by atoms with Crippen LogP contribution in [0, 0.1) is 11.3 Å². The Morgan fingerprint density at radius 3 is 2.39 bits per heavy atom. The molecule has 0 aliphatic rings. The predicted molar refractivity (Wildman–Crippen MR) is 75.1 cm³/mol. The third-order valence-corrected chi connectivity index (χ3v) is 3.48. The Morgan fingerprint density at radius 1 is 1.11 bits per heavy atom. The average Bonchev–Trinajstić information content (AvgIpc) is 2.42. The van der Waals surface area contributed by atoms with E-state index >= 15 is 0 Å². The van der Waals surface area contributed by atoms with Gasteiger partial charge in [-0.3, -0.25) is 0 Å². The highest BCUT2D eigenvalue weighted by molar-refractivity contribution is 7.99. The second-order valence-electron chi connectivity index (χ2n) is 3.80. The lowest BCUT2D eigenvalue weighted by Crippen LogP contribution is -1.99. The minimum Gasteiger partial charge on any atom is -0.494 e. The first-order valence-corrected chi connectivity index (χ1v) is 7.22. The number of methoxy groups -OCH3 is 1. The largest absolute Gasteiger partial charge is 0.494 e. The van der Waals surface area contributed by atoms with Crippen LogP contribution in [0.1, 0.15) is 18.4 Å². The van der Waals surface area contributed by atoms with E-state index in [0.29, 0.717) is 5.56 Å². The van der Waals surface area contributed by atoms with Crippen molar-refractivity contribution in [1.82, 2.24) is 0 Å². The zero-order chi connectivity index (χ0) is 13.1. The molecule has 1 aromatic carbocycles. The van der Waals surface area contributed by atoms with Gasteiger partial charge in [-0.05, 0) is 48.6 Å². The van der Waals surface area contributed by atoms with Crippen molar-refractivity contribution in [3.8, 4) is 11.8 Å². The Kier molecular flexibility index (Phi) is 8.11. The number of nitriles is 1. The first-order valence-electron chi connectivity index (χ1n) is 6.06. The van der Waals surface area contributed by atoms with Gasteiger partial charge in [0, 0.05) is 13.7 Å². The lowest BCUT2D eigenvalue weighted by Gasteiger charge is -2.06. The minimum absolute atomic E-state index is 0.663. The van der Waals surface area contributed by atoms with Crippen molar-refractivity contribution in [3.05, 3.63) is 29.8 Å². The highest BCUT2D eigenvalue weighted by Gasteiger charge is 1.95. The molecule has 0 atom stereocenters. The molecule has 0 N–H and O–H groups in total. The number of hydrogen-bond acceptors (Lipinski definition) is 4. The summed E-state index contributed by atoms with van der Waals surface area (Å²) < 4.78 is 10.6. The Hall–Kier alpha value is -1.18. The van der Waals surface area contributed by atoms with Crippen molar-refractivity contribution in [2.24, 2.45) is 0 Å². The van der Waals surface area contributed by atoms with Crippen molar-refractivity contribution >= 4 is 11.8 Å². The molecule has 0 aliphatic carbocycles. The summed E-state index contributed by atoms with van der Waals surface area (Å²) in [5, 5.41) is 8.66. The van der Waals surface area contributed by atoms with Gasteiger partial charge in [0.05, 0.1) is 18.2 Å². The molecule has 0 radical (unpaired) electrons. The second-order valence-corrected chi connectivity index (χ2v) is 5.02. The Bertz CT molecular complexity index is 359. The highest BCUT2D eigenvalue weighted by Crippen LogP contribution is 2.12. The molecule has 1 rings (SSSR count). The van der Waals surface area contributed by atoms with Crippen LogP contribution in [0.25, 0.3) is 0 Å². The van der Waals surface area contributed by atoms with Crippen molar-refractivity contribution in [2.45, 2.75) is 12.8 Å². The second kappa shape index (κ2) is 9.81. The maximum absolute atomic E-state index is 8.66. The molecule has 4 heteroatoms. The van der Waals surface area contributed by atoms with Crippen LogP contribution in [-0.4, -0.2) is 31.8 Å². The molecule has 1 aromatic rings. The van der Waals surface area contributed by atoms with Gasteiger partial charge in [-0.1, -0.05) is 0 Å². The maximum atomic E-state index is 8.66. The third-order valence-electron chi connectivity index (χ3n) is 2.32. The van der Waals surface area contributed by atoms with Gasteiger partial charge in [0.2, 0.25) is 0 Å². The van der Waals surface area contributed by atoms with Crippen LogP contribution in [0.5, 0.6) is 5.75 Å². The summed E-state index contributed by atoms with van der Waals surface area (Å²) in [6.07, 6.45) is 2.15. The van der Waals surface area contributed by atoms with E-state index in [9.17, 15) is 0 Å². The van der Waals surface area contributed by atoms with Crippen molar-refractivity contribution in [1.29, 1.82) is 5.26 Å². The highest BCUT2D eigenvalue weighted by atomic mass is 32.2. The van der Waals surface area contributed by atoms with E-state index < -0.39 is 0 Å². The molecule has 0 aromatic heterocycles. The van der Waals surface area contributed by atoms with E-state index in [1.807, 2.05) is 23.9 Å². The standard InChI is InChI=1S/C14H19NO2S/c1-16-8-2-10-18-11-3-9-17-14-6-4-13(12-15)5-7-14/h4-7H,2-3,8-11H2,1H3. The summed E-state index contributed by atoms with van der Waals surface area (Å²) in [7, 11) is 1.73. The fourth-order valence-corrected chi connectivity index (χ4v) is 2.23. The number of nitrogens with zero attached hydrogens (tertiary/aromatic N) is 1. The van der Waals surface area contributed by atoms with Crippen molar-refractivity contribution < 1.29 is 9.47 Å². The number of benzene rings is 1. The molecule has 0 fully saturated rings. The van der Waals surface area contributed by atoms with Gasteiger partial charge in [-0.2, -0.15) is 17.0 Å². The van der Waals surface area contributed by atoms with Gasteiger partial charge in [0.1, 0.15) is 5.75 Å². The lowest BCUT2D eigenvalue weighted by atomic mass is 10.2. The summed E-state index contributed by atoms with van der Waals surface area (Å²) in [4.78, 5) is 0. The van der Waals surface area contributed by atoms with Gasteiger partial charge in [-0.25, -0.2) is 0 Å². The molecule has 0 unspecified atom stereocenters. The van der Waals surface area contributed by atoms with Crippen LogP contribution in [0.3, 0.4) is 0 Å². The number of rotatable bonds is 9. The molecule has 0 spiro atoms. The summed E-state index contributed by atoms with van der Waals surface area (Å²) in [5.41, 5.74) is 0.663. The fraction of sp³-hybridized carbons (Fsp3) is 0.500. The van der Waals surface area contributed by atoms with E-state index in [1.54, 1.807) is 19.2 Å².